The van der Waals surface area contributed by atoms with Gasteiger partial charge in [-0.3, -0.25) is 4.79 Å². The molecule has 1 aliphatic heterocycles. The van der Waals surface area contributed by atoms with Crippen LogP contribution in [0.25, 0.3) is 0 Å². The van der Waals surface area contributed by atoms with Crippen LogP contribution in [0, 0.1) is 0 Å². The van der Waals surface area contributed by atoms with Crippen LogP contribution in [0.4, 0.5) is 13.2 Å². The maximum Gasteiger partial charge on any atom is 0.416 e. The van der Waals surface area contributed by atoms with Gasteiger partial charge in [0.1, 0.15) is 0 Å². The summed E-state index contributed by atoms with van der Waals surface area (Å²) >= 11 is 0. The number of carbonyl (C=O) groups is 1. The van der Waals surface area contributed by atoms with Gasteiger partial charge in [0.05, 0.1) is 42.9 Å². The number of nitrogens with one attached hydrogen (secondary N) is 2. The lowest BCUT2D eigenvalue weighted by atomic mass is 10.1. The molecule has 0 unspecified atom stereocenters. The van der Waals surface area contributed by atoms with E-state index in [0.29, 0.717) is 0 Å². The lowest BCUT2D eigenvalue weighted by molar-refractivity contribution is -0.137. The molecule has 134 valence electrons. The SMILES string of the molecule is O=C(Cc1cccc(C(F)(F)F)c1)NC[C@H]1N[C@H](CO)[C@H](O)[C@@H]1O. The van der Waals surface area contributed by atoms with E-state index in [1.54, 1.807) is 0 Å². The van der Waals surface area contributed by atoms with Crippen LogP contribution in [-0.4, -0.2) is 58.7 Å². The molecule has 1 heterocycles. The van der Waals surface area contributed by atoms with Gasteiger partial charge in [0, 0.05) is 6.54 Å². The number of hydrogen-bond donors (Lipinski definition) is 5. The topological polar surface area (TPSA) is 102 Å². The van der Waals surface area contributed by atoms with E-state index in [1.807, 2.05) is 0 Å². The second-order valence-electron chi connectivity index (χ2n) is 5.72. The number of alkyl halides is 3. The summed E-state index contributed by atoms with van der Waals surface area (Å²) in [6.45, 7) is -0.389. The highest BCUT2D eigenvalue weighted by Crippen LogP contribution is 2.29. The average Bonchev–Trinajstić information content (AvgIpc) is 2.80. The van der Waals surface area contributed by atoms with Crippen LogP contribution in [0.1, 0.15) is 11.1 Å². The Kier molecular flexibility index (Phi) is 5.81. The Morgan fingerprint density at radius 3 is 2.46 bits per heavy atom. The van der Waals surface area contributed by atoms with Crippen molar-refractivity contribution < 1.29 is 33.3 Å². The number of halogens is 3. The normalized spacial score (nSPS) is 27.2. The Labute approximate surface area is 136 Å². The molecule has 1 amide bonds. The van der Waals surface area contributed by atoms with Crippen LogP contribution in [0.15, 0.2) is 24.3 Å². The molecular formula is C15H19F3N2O4. The van der Waals surface area contributed by atoms with Gasteiger partial charge in [-0.1, -0.05) is 18.2 Å². The van der Waals surface area contributed by atoms with Crippen LogP contribution in [0.3, 0.4) is 0 Å². The summed E-state index contributed by atoms with van der Waals surface area (Å²) in [6.07, 6.45) is -7.02. The first-order chi connectivity index (χ1) is 11.2. The summed E-state index contributed by atoms with van der Waals surface area (Å²) < 4.78 is 37.9. The molecule has 24 heavy (non-hydrogen) atoms. The fraction of sp³-hybridized carbons (Fsp3) is 0.533. The van der Waals surface area contributed by atoms with E-state index in [-0.39, 0.29) is 25.1 Å². The summed E-state index contributed by atoms with van der Waals surface area (Å²) in [7, 11) is 0. The number of hydrogen-bond acceptors (Lipinski definition) is 5. The Morgan fingerprint density at radius 2 is 1.88 bits per heavy atom. The quantitative estimate of drug-likeness (QED) is 0.490. The highest BCUT2D eigenvalue weighted by atomic mass is 19.4. The number of amides is 1. The summed E-state index contributed by atoms with van der Waals surface area (Å²) in [5, 5.41) is 33.7. The van der Waals surface area contributed by atoms with E-state index < -0.39 is 41.9 Å². The van der Waals surface area contributed by atoms with Crippen LogP contribution < -0.4 is 10.6 Å². The van der Waals surface area contributed by atoms with Gasteiger partial charge >= 0.3 is 6.18 Å². The van der Waals surface area contributed by atoms with Gasteiger partial charge in [-0.2, -0.15) is 13.2 Å². The monoisotopic (exact) mass is 348 g/mol. The average molecular weight is 348 g/mol. The Balaban J connectivity index is 1.88. The molecule has 6 nitrogen and oxygen atoms in total. The van der Waals surface area contributed by atoms with Crippen molar-refractivity contribution in [3.05, 3.63) is 35.4 Å². The molecule has 2 rings (SSSR count). The first-order valence-corrected chi connectivity index (χ1v) is 7.38. The van der Waals surface area contributed by atoms with Crippen molar-refractivity contribution in [2.24, 2.45) is 0 Å². The number of aliphatic hydroxyl groups excluding tert-OH is 3. The lowest BCUT2D eigenvalue weighted by Crippen LogP contribution is -2.44. The molecule has 1 fully saturated rings. The summed E-state index contributed by atoms with van der Waals surface area (Å²) in [4.78, 5) is 11.9. The third-order valence-electron chi connectivity index (χ3n) is 3.94. The van der Waals surface area contributed by atoms with Crippen LogP contribution in [-0.2, 0) is 17.4 Å². The van der Waals surface area contributed by atoms with Gasteiger partial charge < -0.3 is 26.0 Å². The molecule has 5 N–H and O–H groups in total. The molecule has 1 aliphatic rings. The zero-order valence-corrected chi connectivity index (χ0v) is 12.6. The van der Waals surface area contributed by atoms with Gasteiger partial charge in [-0.15, -0.1) is 0 Å². The van der Waals surface area contributed by atoms with Gasteiger partial charge in [-0.05, 0) is 11.6 Å². The van der Waals surface area contributed by atoms with Gasteiger partial charge in [0.25, 0.3) is 0 Å². The second-order valence-corrected chi connectivity index (χ2v) is 5.72. The maximum atomic E-state index is 12.6. The Hall–Kier alpha value is -1.68. The van der Waals surface area contributed by atoms with Crippen molar-refractivity contribution in [2.45, 2.75) is 36.9 Å². The first-order valence-electron chi connectivity index (χ1n) is 7.38. The molecule has 0 radical (unpaired) electrons. The molecule has 9 heteroatoms. The largest absolute Gasteiger partial charge is 0.416 e. The first kappa shape index (κ1) is 18.7. The highest BCUT2D eigenvalue weighted by molar-refractivity contribution is 5.78. The zero-order chi connectivity index (χ0) is 17.9. The predicted octanol–water partition coefficient (Wildman–Crippen LogP) is -0.581. The Morgan fingerprint density at radius 1 is 1.21 bits per heavy atom. The summed E-state index contributed by atoms with van der Waals surface area (Å²) in [5.74, 6) is -0.509. The minimum Gasteiger partial charge on any atom is -0.395 e. The smallest absolute Gasteiger partial charge is 0.395 e. The van der Waals surface area contributed by atoms with Gasteiger partial charge in [0.2, 0.25) is 5.91 Å². The fourth-order valence-electron chi connectivity index (χ4n) is 2.62. The number of aliphatic hydroxyl groups is 3. The van der Waals surface area contributed by atoms with E-state index >= 15 is 0 Å². The van der Waals surface area contributed by atoms with E-state index in [1.165, 1.54) is 12.1 Å². The summed E-state index contributed by atoms with van der Waals surface area (Å²) in [6, 6.07) is 3.15. The maximum absolute atomic E-state index is 12.6. The number of rotatable bonds is 5. The molecule has 4 atom stereocenters. The fourth-order valence-corrected chi connectivity index (χ4v) is 2.62. The molecular weight excluding hydrogens is 329 g/mol. The van der Waals surface area contributed by atoms with Crippen molar-refractivity contribution in [2.75, 3.05) is 13.2 Å². The Bertz CT molecular complexity index is 582. The molecule has 1 saturated heterocycles. The van der Waals surface area contributed by atoms with Gasteiger partial charge in [-0.25, -0.2) is 0 Å². The van der Waals surface area contributed by atoms with Crippen molar-refractivity contribution in [3.63, 3.8) is 0 Å². The molecule has 0 aliphatic carbocycles. The molecule has 0 saturated carbocycles. The third kappa shape index (κ3) is 4.44. The number of carbonyl (C=O) groups excluding carboxylic acids is 1. The van der Waals surface area contributed by atoms with Crippen LogP contribution in [0.5, 0.6) is 0 Å². The lowest BCUT2D eigenvalue weighted by Gasteiger charge is -2.16. The van der Waals surface area contributed by atoms with Crippen LogP contribution >= 0.6 is 0 Å². The van der Waals surface area contributed by atoms with E-state index in [9.17, 15) is 28.2 Å². The van der Waals surface area contributed by atoms with Crippen molar-refractivity contribution in [1.82, 2.24) is 10.6 Å². The molecule has 0 spiro atoms. The van der Waals surface area contributed by atoms with E-state index in [4.69, 9.17) is 5.11 Å². The third-order valence-corrected chi connectivity index (χ3v) is 3.94. The molecule has 0 bridgehead atoms. The minimum atomic E-state index is -4.47. The van der Waals surface area contributed by atoms with Crippen molar-refractivity contribution >= 4 is 5.91 Å². The standard InChI is InChI=1S/C15H19F3N2O4/c16-15(17,18)9-3-1-2-8(4-9)5-12(22)19-6-10-13(23)14(24)11(7-21)20-10/h1-4,10-11,13-14,20-21,23-24H,5-7H2,(H,19,22)/t10-,11-,13-,14+/m1/s1. The molecule has 1 aromatic rings. The zero-order valence-electron chi connectivity index (χ0n) is 12.6. The van der Waals surface area contributed by atoms with Crippen LogP contribution in [0.2, 0.25) is 0 Å². The summed E-state index contributed by atoms with van der Waals surface area (Å²) in [5.41, 5.74) is -0.606. The highest BCUT2D eigenvalue weighted by Gasteiger charge is 2.40. The van der Waals surface area contributed by atoms with E-state index in [0.717, 1.165) is 12.1 Å². The van der Waals surface area contributed by atoms with E-state index in [2.05, 4.69) is 10.6 Å². The van der Waals surface area contributed by atoms with Crippen molar-refractivity contribution in [1.29, 1.82) is 0 Å². The number of benzene rings is 1. The van der Waals surface area contributed by atoms with Crippen molar-refractivity contribution in [3.8, 4) is 0 Å². The minimum absolute atomic E-state index is 0.0213. The molecule has 0 aromatic heterocycles. The second kappa shape index (κ2) is 7.47. The van der Waals surface area contributed by atoms with Gasteiger partial charge in [0.15, 0.2) is 0 Å². The predicted molar refractivity (Wildman–Crippen MR) is 78.0 cm³/mol. The molecule has 1 aromatic carbocycles.